The van der Waals surface area contributed by atoms with Crippen molar-refractivity contribution in [3.63, 3.8) is 0 Å². The minimum absolute atomic E-state index is 0.113. The van der Waals surface area contributed by atoms with Crippen LogP contribution in [-0.4, -0.2) is 41.9 Å². The van der Waals surface area contributed by atoms with E-state index in [1.165, 1.54) is 33.6 Å². The van der Waals surface area contributed by atoms with Crippen LogP contribution in [0.1, 0.15) is 15.4 Å². The van der Waals surface area contributed by atoms with Crippen LogP contribution in [0.5, 0.6) is 5.75 Å². The van der Waals surface area contributed by atoms with Gasteiger partial charge in [0.25, 0.3) is 5.91 Å². The number of hydrogen-bond acceptors (Lipinski definition) is 6. The van der Waals surface area contributed by atoms with Crippen LogP contribution in [0.3, 0.4) is 0 Å². The highest BCUT2D eigenvalue weighted by atomic mass is 32.1. The zero-order valence-corrected chi connectivity index (χ0v) is 16.7. The second-order valence-corrected chi connectivity index (χ2v) is 7.65. The average Bonchev–Trinajstić information content (AvgIpc) is 3.35. The van der Waals surface area contributed by atoms with Gasteiger partial charge in [0.2, 0.25) is 5.91 Å². The molecular formula is C19H18FN3O3S2. The molecule has 1 N–H and O–H groups in total. The van der Waals surface area contributed by atoms with Gasteiger partial charge in [0.15, 0.2) is 16.7 Å². The largest absolute Gasteiger partial charge is 0.489 e. The number of nitrogens with one attached hydrogen (secondary N) is 1. The SMILES string of the molecule is CN(CCOc1ccccc1F)C(=O)Cc1csc(NC(=O)c2cccs2)n1. The van der Waals surface area contributed by atoms with Gasteiger partial charge in [-0.1, -0.05) is 18.2 Å². The molecule has 0 spiro atoms. The van der Waals surface area contributed by atoms with Gasteiger partial charge in [0, 0.05) is 12.4 Å². The predicted molar refractivity (Wildman–Crippen MR) is 108 cm³/mol. The van der Waals surface area contributed by atoms with Crippen molar-refractivity contribution < 1.29 is 18.7 Å². The van der Waals surface area contributed by atoms with Crippen LogP contribution in [0.4, 0.5) is 9.52 Å². The summed E-state index contributed by atoms with van der Waals surface area (Å²) in [7, 11) is 1.65. The maximum atomic E-state index is 13.5. The number of para-hydroxylation sites is 1. The van der Waals surface area contributed by atoms with Crippen molar-refractivity contribution in [2.24, 2.45) is 0 Å². The normalized spacial score (nSPS) is 10.5. The van der Waals surface area contributed by atoms with Crippen LogP contribution >= 0.6 is 22.7 Å². The minimum Gasteiger partial charge on any atom is -0.489 e. The van der Waals surface area contributed by atoms with E-state index in [1.807, 2.05) is 5.38 Å². The number of carbonyl (C=O) groups excluding carboxylic acids is 2. The molecule has 6 nitrogen and oxygen atoms in total. The molecule has 0 aliphatic rings. The molecule has 0 radical (unpaired) electrons. The fraction of sp³-hybridized carbons (Fsp3) is 0.211. The first-order valence-corrected chi connectivity index (χ1v) is 10.2. The number of anilines is 1. The first kappa shape index (κ1) is 20.0. The Labute approximate surface area is 169 Å². The van der Waals surface area contributed by atoms with Gasteiger partial charge in [-0.05, 0) is 23.6 Å². The van der Waals surface area contributed by atoms with Crippen molar-refractivity contribution in [1.29, 1.82) is 0 Å². The Balaban J connectivity index is 1.45. The summed E-state index contributed by atoms with van der Waals surface area (Å²) < 4.78 is 18.9. The summed E-state index contributed by atoms with van der Waals surface area (Å²) in [4.78, 5) is 30.7. The lowest BCUT2D eigenvalue weighted by molar-refractivity contribution is -0.129. The van der Waals surface area contributed by atoms with Gasteiger partial charge in [-0.25, -0.2) is 9.37 Å². The first-order valence-electron chi connectivity index (χ1n) is 8.43. The topological polar surface area (TPSA) is 71.5 Å². The molecule has 0 bridgehead atoms. The average molecular weight is 420 g/mol. The Bertz CT molecular complexity index is 944. The Kier molecular flexibility index (Phi) is 6.72. The van der Waals surface area contributed by atoms with E-state index in [1.54, 1.807) is 42.8 Å². The molecule has 0 fully saturated rings. The van der Waals surface area contributed by atoms with E-state index in [0.717, 1.165) is 0 Å². The molecule has 3 rings (SSSR count). The van der Waals surface area contributed by atoms with E-state index in [4.69, 9.17) is 4.74 Å². The monoisotopic (exact) mass is 419 g/mol. The minimum atomic E-state index is -0.434. The van der Waals surface area contributed by atoms with Crippen molar-refractivity contribution in [2.45, 2.75) is 6.42 Å². The Morgan fingerprint density at radius 3 is 2.79 bits per heavy atom. The molecule has 9 heteroatoms. The zero-order chi connectivity index (χ0) is 19.9. The molecule has 28 heavy (non-hydrogen) atoms. The van der Waals surface area contributed by atoms with Crippen molar-refractivity contribution in [3.05, 3.63) is 63.5 Å². The molecule has 2 heterocycles. The van der Waals surface area contributed by atoms with E-state index in [-0.39, 0.29) is 30.6 Å². The van der Waals surface area contributed by atoms with E-state index in [9.17, 15) is 14.0 Å². The molecule has 0 unspecified atom stereocenters. The fourth-order valence-electron chi connectivity index (χ4n) is 2.28. The molecule has 1 aromatic carbocycles. The molecule has 0 saturated carbocycles. The van der Waals surface area contributed by atoms with Crippen molar-refractivity contribution in [1.82, 2.24) is 9.88 Å². The Morgan fingerprint density at radius 1 is 1.21 bits per heavy atom. The highest BCUT2D eigenvalue weighted by Crippen LogP contribution is 2.19. The maximum Gasteiger partial charge on any atom is 0.267 e. The number of amides is 2. The highest BCUT2D eigenvalue weighted by molar-refractivity contribution is 7.14. The first-order chi connectivity index (χ1) is 13.5. The number of hydrogen-bond donors (Lipinski definition) is 1. The zero-order valence-electron chi connectivity index (χ0n) is 15.1. The van der Waals surface area contributed by atoms with Gasteiger partial charge in [-0.2, -0.15) is 0 Å². The molecule has 2 amide bonds. The summed E-state index contributed by atoms with van der Waals surface area (Å²) in [6.45, 7) is 0.502. The number of carbonyl (C=O) groups is 2. The molecule has 0 saturated heterocycles. The van der Waals surface area contributed by atoms with Gasteiger partial charge >= 0.3 is 0 Å². The number of benzene rings is 1. The summed E-state index contributed by atoms with van der Waals surface area (Å²) in [6.07, 6.45) is 0.113. The van der Waals surface area contributed by atoms with E-state index in [2.05, 4.69) is 10.3 Å². The van der Waals surface area contributed by atoms with Crippen LogP contribution in [-0.2, 0) is 11.2 Å². The highest BCUT2D eigenvalue weighted by Gasteiger charge is 2.14. The number of aromatic nitrogens is 1. The number of likely N-dealkylation sites (N-methyl/N-ethyl adjacent to an activating group) is 1. The second kappa shape index (κ2) is 9.43. The third kappa shape index (κ3) is 5.37. The number of nitrogens with zero attached hydrogens (tertiary/aromatic N) is 2. The Morgan fingerprint density at radius 2 is 2.04 bits per heavy atom. The van der Waals surface area contributed by atoms with Crippen LogP contribution < -0.4 is 10.1 Å². The van der Waals surface area contributed by atoms with Crippen LogP contribution in [0.25, 0.3) is 0 Å². The molecule has 0 aliphatic heterocycles. The summed E-state index contributed by atoms with van der Waals surface area (Å²) in [5.74, 6) is -0.631. The van der Waals surface area contributed by atoms with Gasteiger partial charge in [-0.3, -0.25) is 14.9 Å². The van der Waals surface area contributed by atoms with E-state index < -0.39 is 5.82 Å². The van der Waals surface area contributed by atoms with Crippen LogP contribution in [0, 0.1) is 5.82 Å². The molecule has 3 aromatic rings. The summed E-state index contributed by atoms with van der Waals surface area (Å²) >= 11 is 2.62. The summed E-state index contributed by atoms with van der Waals surface area (Å²) in [6, 6.07) is 9.67. The third-order valence-corrected chi connectivity index (χ3v) is 5.47. The van der Waals surface area contributed by atoms with Crippen molar-refractivity contribution >= 4 is 39.6 Å². The number of rotatable bonds is 8. The van der Waals surface area contributed by atoms with Gasteiger partial charge < -0.3 is 9.64 Å². The Hall–Kier alpha value is -2.78. The summed E-state index contributed by atoms with van der Waals surface area (Å²) in [5.41, 5.74) is 0.582. The van der Waals surface area contributed by atoms with E-state index >= 15 is 0 Å². The lowest BCUT2D eigenvalue weighted by Gasteiger charge is -2.17. The van der Waals surface area contributed by atoms with Gasteiger partial charge in [0.05, 0.1) is 23.5 Å². The van der Waals surface area contributed by atoms with Crippen molar-refractivity contribution in [2.75, 3.05) is 25.5 Å². The molecule has 0 atom stereocenters. The number of halogens is 1. The smallest absolute Gasteiger partial charge is 0.267 e. The van der Waals surface area contributed by atoms with Gasteiger partial charge in [-0.15, -0.1) is 22.7 Å². The standard InChI is InChI=1S/C19H18FN3O3S2/c1-23(8-9-26-15-6-3-2-5-14(15)20)17(24)11-13-12-28-19(21-13)22-18(25)16-7-4-10-27-16/h2-7,10,12H,8-9,11H2,1H3,(H,21,22,25). The number of thiophene rings is 1. The van der Waals surface area contributed by atoms with Gasteiger partial charge in [0.1, 0.15) is 6.61 Å². The number of thiazole rings is 1. The molecule has 2 aromatic heterocycles. The van der Waals surface area contributed by atoms with Crippen LogP contribution in [0.15, 0.2) is 47.2 Å². The molecular weight excluding hydrogens is 401 g/mol. The summed E-state index contributed by atoms with van der Waals surface area (Å²) in [5, 5.41) is 6.74. The second-order valence-electron chi connectivity index (χ2n) is 5.85. The number of ether oxygens (including phenoxy) is 1. The predicted octanol–water partition coefficient (Wildman–Crippen LogP) is 3.68. The quantitative estimate of drug-likeness (QED) is 0.605. The third-order valence-electron chi connectivity index (χ3n) is 3.80. The molecule has 146 valence electrons. The lowest BCUT2D eigenvalue weighted by atomic mass is 10.3. The van der Waals surface area contributed by atoms with Crippen molar-refractivity contribution in [3.8, 4) is 5.75 Å². The van der Waals surface area contributed by atoms with Crippen LogP contribution in [0.2, 0.25) is 0 Å². The lowest BCUT2D eigenvalue weighted by Crippen LogP contribution is -2.32. The fourth-order valence-corrected chi connectivity index (χ4v) is 3.61. The maximum absolute atomic E-state index is 13.5. The van der Waals surface area contributed by atoms with E-state index in [0.29, 0.717) is 22.2 Å². The molecule has 0 aliphatic carbocycles.